The second-order valence-corrected chi connectivity index (χ2v) is 7.82. The van der Waals surface area contributed by atoms with Crippen molar-refractivity contribution < 1.29 is 9.53 Å². The van der Waals surface area contributed by atoms with Crippen LogP contribution in [-0.2, 0) is 9.53 Å². The molecule has 0 aliphatic heterocycles. The van der Waals surface area contributed by atoms with E-state index in [0.29, 0.717) is 6.61 Å². The summed E-state index contributed by atoms with van der Waals surface area (Å²) in [6, 6.07) is 0. The summed E-state index contributed by atoms with van der Waals surface area (Å²) in [4.78, 5) is 11.5. The van der Waals surface area contributed by atoms with Crippen molar-refractivity contribution in [3.05, 3.63) is 72.9 Å². The molecular formula is C29H46O2. The summed E-state index contributed by atoms with van der Waals surface area (Å²) in [5, 5.41) is 0. The summed E-state index contributed by atoms with van der Waals surface area (Å²) < 4.78 is 5.16. The van der Waals surface area contributed by atoms with Crippen molar-refractivity contribution in [1.29, 1.82) is 0 Å². The molecule has 0 atom stereocenters. The molecule has 0 N–H and O–H groups in total. The van der Waals surface area contributed by atoms with Crippen LogP contribution in [0.5, 0.6) is 0 Å². The fraction of sp³-hybridized carbons (Fsp3) is 0.552. The van der Waals surface area contributed by atoms with Crippen LogP contribution in [0.1, 0.15) is 97.3 Å². The minimum atomic E-state index is -0.269. The van der Waals surface area contributed by atoms with Crippen LogP contribution in [0.3, 0.4) is 0 Å². The van der Waals surface area contributed by atoms with Gasteiger partial charge < -0.3 is 4.74 Å². The van der Waals surface area contributed by atoms with Gasteiger partial charge in [-0.25, -0.2) is 4.79 Å². The molecular weight excluding hydrogens is 380 g/mol. The van der Waals surface area contributed by atoms with E-state index in [1.165, 1.54) is 76.7 Å². The van der Waals surface area contributed by atoms with Gasteiger partial charge in [-0.1, -0.05) is 145 Å². The van der Waals surface area contributed by atoms with Crippen molar-refractivity contribution >= 4 is 5.97 Å². The number of hydrogen-bond acceptors (Lipinski definition) is 2. The molecule has 0 amide bonds. The van der Waals surface area contributed by atoms with Crippen molar-refractivity contribution in [2.45, 2.75) is 97.3 Å². The minimum Gasteiger partial charge on any atom is -0.463 e. The molecule has 0 spiro atoms. The van der Waals surface area contributed by atoms with Crippen LogP contribution < -0.4 is 0 Å². The van der Waals surface area contributed by atoms with E-state index in [-0.39, 0.29) is 5.97 Å². The van der Waals surface area contributed by atoms with Gasteiger partial charge in [-0.2, -0.15) is 0 Å². The van der Waals surface area contributed by atoms with E-state index < -0.39 is 0 Å². The number of allylic oxidation sites excluding steroid dienone is 11. The number of carbonyl (C=O) groups excluding carboxylic acids is 1. The van der Waals surface area contributed by atoms with Gasteiger partial charge in [0.05, 0.1) is 6.61 Å². The summed E-state index contributed by atoms with van der Waals surface area (Å²) in [5.41, 5.74) is 0. The summed E-state index contributed by atoms with van der Waals surface area (Å²) in [6.45, 7) is 4.97. The third-order valence-corrected chi connectivity index (χ3v) is 4.83. The first-order chi connectivity index (χ1) is 15.3. The first-order valence-corrected chi connectivity index (χ1v) is 12.5. The summed E-state index contributed by atoms with van der Waals surface area (Å²) in [7, 11) is 0. The molecule has 0 radical (unpaired) electrons. The number of carbonyl (C=O) groups is 1. The predicted octanol–water partition coefficient (Wildman–Crippen LogP) is 8.98. The van der Waals surface area contributed by atoms with Crippen LogP contribution in [0.4, 0.5) is 0 Å². The Morgan fingerprint density at radius 1 is 0.548 bits per heavy atom. The molecule has 0 aromatic heterocycles. The van der Waals surface area contributed by atoms with Gasteiger partial charge in [0.1, 0.15) is 0 Å². The van der Waals surface area contributed by atoms with Crippen molar-refractivity contribution in [3.8, 4) is 0 Å². The highest BCUT2D eigenvalue weighted by molar-refractivity contribution is 5.82. The Morgan fingerprint density at radius 3 is 1.58 bits per heavy atom. The second-order valence-electron chi connectivity index (χ2n) is 7.82. The Hall–Kier alpha value is -2.09. The van der Waals surface area contributed by atoms with Crippen LogP contribution in [-0.4, -0.2) is 12.6 Å². The van der Waals surface area contributed by atoms with Gasteiger partial charge in [0, 0.05) is 6.08 Å². The maximum atomic E-state index is 11.5. The van der Waals surface area contributed by atoms with E-state index in [1.807, 2.05) is 42.5 Å². The van der Waals surface area contributed by atoms with Gasteiger partial charge >= 0.3 is 5.97 Å². The van der Waals surface area contributed by atoms with Gasteiger partial charge in [0.15, 0.2) is 0 Å². The molecule has 31 heavy (non-hydrogen) atoms. The molecule has 0 saturated heterocycles. The van der Waals surface area contributed by atoms with E-state index in [1.54, 1.807) is 6.08 Å². The Balaban J connectivity index is 3.66. The molecule has 0 unspecified atom stereocenters. The third kappa shape index (κ3) is 25.9. The predicted molar refractivity (Wildman–Crippen MR) is 137 cm³/mol. The van der Waals surface area contributed by atoms with Crippen molar-refractivity contribution in [2.75, 3.05) is 6.61 Å². The minimum absolute atomic E-state index is 0.269. The third-order valence-electron chi connectivity index (χ3n) is 4.83. The molecule has 2 nitrogen and oxygen atoms in total. The zero-order chi connectivity index (χ0) is 22.7. The zero-order valence-corrected chi connectivity index (χ0v) is 20.1. The Kier molecular flexibility index (Phi) is 24.2. The SMILES string of the molecule is CCCCCCCCCC=CC=CC=CC=CC=CC=CC(=O)OCCCCCCC. The van der Waals surface area contributed by atoms with Crippen LogP contribution in [0, 0.1) is 0 Å². The molecule has 0 aromatic rings. The van der Waals surface area contributed by atoms with E-state index in [0.717, 1.165) is 12.8 Å². The van der Waals surface area contributed by atoms with Crippen molar-refractivity contribution in [2.24, 2.45) is 0 Å². The number of ether oxygens (including phenoxy) is 1. The lowest BCUT2D eigenvalue weighted by atomic mass is 10.1. The lowest BCUT2D eigenvalue weighted by molar-refractivity contribution is -0.137. The van der Waals surface area contributed by atoms with Gasteiger partial charge in [-0.15, -0.1) is 0 Å². The lowest BCUT2D eigenvalue weighted by Crippen LogP contribution is -2.01. The van der Waals surface area contributed by atoms with Crippen LogP contribution in [0.25, 0.3) is 0 Å². The van der Waals surface area contributed by atoms with Crippen molar-refractivity contribution in [3.63, 3.8) is 0 Å². The summed E-state index contributed by atoms with van der Waals surface area (Å²) >= 11 is 0. The maximum Gasteiger partial charge on any atom is 0.330 e. The molecule has 0 aliphatic carbocycles. The van der Waals surface area contributed by atoms with Crippen LogP contribution in [0.2, 0.25) is 0 Å². The number of unbranched alkanes of at least 4 members (excludes halogenated alkanes) is 11. The molecule has 0 aliphatic rings. The van der Waals surface area contributed by atoms with Crippen LogP contribution >= 0.6 is 0 Å². The average molecular weight is 427 g/mol. The molecule has 174 valence electrons. The van der Waals surface area contributed by atoms with Crippen molar-refractivity contribution in [1.82, 2.24) is 0 Å². The Labute approximate surface area is 192 Å². The monoisotopic (exact) mass is 426 g/mol. The highest BCUT2D eigenvalue weighted by atomic mass is 16.5. The molecule has 0 fully saturated rings. The summed E-state index contributed by atoms with van der Waals surface area (Å²) in [5.74, 6) is -0.269. The molecule has 0 saturated carbocycles. The first kappa shape index (κ1) is 28.9. The zero-order valence-electron chi connectivity index (χ0n) is 20.1. The Bertz CT molecular complexity index is 561. The highest BCUT2D eigenvalue weighted by Crippen LogP contribution is 2.08. The highest BCUT2D eigenvalue weighted by Gasteiger charge is 1.95. The van der Waals surface area contributed by atoms with Crippen LogP contribution in [0.15, 0.2) is 72.9 Å². The van der Waals surface area contributed by atoms with E-state index in [2.05, 4.69) is 32.1 Å². The quantitative estimate of drug-likeness (QED) is 0.0840. The molecule has 2 heteroatoms. The van der Waals surface area contributed by atoms with E-state index in [9.17, 15) is 4.79 Å². The maximum absolute atomic E-state index is 11.5. The van der Waals surface area contributed by atoms with Gasteiger partial charge in [-0.3, -0.25) is 0 Å². The number of hydrogen-bond donors (Lipinski definition) is 0. The number of rotatable bonds is 20. The van der Waals surface area contributed by atoms with Gasteiger partial charge in [-0.05, 0) is 19.3 Å². The normalized spacial score (nSPS) is 12.7. The van der Waals surface area contributed by atoms with Gasteiger partial charge in [0.2, 0.25) is 0 Å². The molecule has 0 aromatic carbocycles. The smallest absolute Gasteiger partial charge is 0.330 e. The van der Waals surface area contributed by atoms with Gasteiger partial charge in [0.25, 0.3) is 0 Å². The van der Waals surface area contributed by atoms with E-state index >= 15 is 0 Å². The average Bonchev–Trinajstić information content (AvgIpc) is 2.77. The van der Waals surface area contributed by atoms with E-state index in [4.69, 9.17) is 4.74 Å². The number of esters is 1. The molecule has 0 rings (SSSR count). The lowest BCUT2D eigenvalue weighted by Gasteiger charge is -2.01. The standard InChI is InChI=1S/C29H46O2/c1-3-5-7-9-10-11-12-13-14-15-16-17-18-19-20-21-22-23-25-27-29(30)31-28-26-24-8-6-4-2/h14-23,25,27H,3-13,24,26,28H2,1-2H3. The molecule has 0 heterocycles. The Morgan fingerprint density at radius 2 is 1.00 bits per heavy atom. The first-order valence-electron chi connectivity index (χ1n) is 12.5. The molecule has 0 bridgehead atoms. The fourth-order valence-electron chi connectivity index (χ4n) is 2.97. The summed E-state index contributed by atoms with van der Waals surface area (Å²) in [6.07, 6.45) is 39.8. The fourth-order valence-corrected chi connectivity index (χ4v) is 2.97. The largest absolute Gasteiger partial charge is 0.463 e. The topological polar surface area (TPSA) is 26.3 Å². The second kappa shape index (κ2) is 25.9.